The maximum Gasteiger partial charge on any atom is 0.330 e. The monoisotopic (exact) mass is 495 g/mol. The van der Waals surface area contributed by atoms with E-state index in [0.29, 0.717) is 11.9 Å². The number of amides is 1. The summed E-state index contributed by atoms with van der Waals surface area (Å²) < 4.78 is 1.29. The first-order valence-corrected chi connectivity index (χ1v) is 12.5. The third kappa shape index (κ3) is 5.23. The molecule has 2 heterocycles. The van der Waals surface area contributed by atoms with Crippen LogP contribution >= 0.6 is 0 Å². The summed E-state index contributed by atoms with van der Waals surface area (Å²) in [6.45, 7) is 0.409. The fraction of sp³-hybridized carbons (Fsp3) is 0.241. The lowest BCUT2D eigenvalue weighted by Gasteiger charge is -2.25. The van der Waals surface area contributed by atoms with Crippen molar-refractivity contribution in [1.82, 2.24) is 14.5 Å². The zero-order chi connectivity index (χ0) is 25.8. The number of aromatic amines is 1. The van der Waals surface area contributed by atoms with Gasteiger partial charge in [-0.15, -0.1) is 0 Å². The molecule has 0 saturated carbocycles. The lowest BCUT2D eigenvalue weighted by Crippen LogP contribution is -2.42. The Morgan fingerprint density at radius 1 is 1.00 bits per heavy atom. The summed E-state index contributed by atoms with van der Waals surface area (Å²) in [6, 6.07) is 20.4. The van der Waals surface area contributed by atoms with E-state index >= 15 is 0 Å². The summed E-state index contributed by atoms with van der Waals surface area (Å²) in [6.07, 6.45) is 7.07. The van der Waals surface area contributed by atoms with Gasteiger partial charge in [-0.25, -0.2) is 9.78 Å². The minimum absolute atomic E-state index is 0.0353. The number of hydrogen-bond donors (Lipinski definition) is 2. The first kappa shape index (κ1) is 24.2. The van der Waals surface area contributed by atoms with Gasteiger partial charge < -0.3 is 5.73 Å². The van der Waals surface area contributed by atoms with Crippen molar-refractivity contribution in [1.29, 1.82) is 0 Å². The molecule has 0 spiro atoms. The van der Waals surface area contributed by atoms with E-state index in [1.54, 1.807) is 6.07 Å². The van der Waals surface area contributed by atoms with Crippen molar-refractivity contribution < 1.29 is 4.79 Å². The zero-order valence-electron chi connectivity index (χ0n) is 20.5. The minimum atomic E-state index is -0.696. The minimum Gasteiger partial charge on any atom is -0.383 e. The Morgan fingerprint density at radius 2 is 1.78 bits per heavy atom. The Bertz CT molecular complexity index is 1590. The summed E-state index contributed by atoms with van der Waals surface area (Å²) in [5.41, 5.74) is 8.09. The lowest BCUT2D eigenvalue weighted by atomic mass is 9.97. The Hall–Kier alpha value is -4.46. The molecule has 2 aromatic carbocycles. The Balaban J connectivity index is 1.58. The molecule has 0 fully saturated rings. The first-order valence-electron chi connectivity index (χ1n) is 12.5. The van der Waals surface area contributed by atoms with Crippen molar-refractivity contribution in [3.63, 3.8) is 0 Å². The largest absolute Gasteiger partial charge is 0.383 e. The zero-order valence-corrected chi connectivity index (χ0v) is 20.5. The number of hydrogen-bond acceptors (Lipinski definition) is 5. The number of nitrogens with two attached hydrogens (primary N) is 1. The number of nitrogen functional groups attached to an aromatic ring is 1. The van der Waals surface area contributed by atoms with Crippen LogP contribution in [0.2, 0.25) is 0 Å². The van der Waals surface area contributed by atoms with Crippen molar-refractivity contribution in [3.05, 3.63) is 110 Å². The van der Waals surface area contributed by atoms with Crippen molar-refractivity contribution in [2.75, 3.05) is 17.2 Å². The molecule has 8 heteroatoms. The fourth-order valence-electron chi connectivity index (χ4n) is 4.79. The highest BCUT2D eigenvalue weighted by molar-refractivity contribution is 6.07. The summed E-state index contributed by atoms with van der Waals surface area (Å²) in [5, 5.41) is 0.909. The molecular formula is C29H29N5O3. The highest BCUT2D eigenvalue weighted by atomic mass is 16.2. The van der Waals surface area contributed by atoms with Crippen molar-refractivity contribution >= 4 is 28.3 Å². The number of carbonyl (C=O) groups is 1. The SMILES string of the molecule is Nc1c(N(CCC2=CCCCC2)C(=O)c2ccc3ccccc3n2)c(=O)[nH]c(=O)n1Cc1ccccc1. The van der Waals surface area contributed by atoms with Gasteiger partial charge in [0, 0.05) is 11.9 Å². The molecular weight excluding hydrogens is 466 g/mol. The first-order chi connectivity index (χ1) is 18.0. The Kier molecular flexibility index (Phi) is 6.98. The number of nitrogens with zero attached hydrogens (tertiary/aromatic N) is 3. The molecule has 0 atom stereocenters. The molecule has 4 aromatic rings. The van der Waals surface area contributed by atoms with Crippen LogP contribution in [0, 0.1) is 0 Å². The predicted octanol–water partition coefficient (Wildman–Crippen LogP) is 4.25. The molecule has 188 valence electrons. The molecule has 3 N–H and O–H groups in total. The van der Waals surface area contributed by atoms with Gasteiger partial charge in [0.2, 0.25) is 0 Å². The second-order valence-corrected chi connectivity index (χ2v) is 9.27. The quantitative estimate of drug-likeness (QED) is 0.372. The van der Waals surface area contributed by atoms with Gasteiger partial charge in [-0.2, -0.15) is 0 Å². The molecule has 0 unspecified atom stereocenters. The number of fused-ring (bicyclic) bond motifs is 1. The fourth-order valence-corrected chi connectivity index (χ4v) is 4.79. The highest BCUT2D eigenvalue weighted by Crippen LogP contribution is 2.25. The number of nitrogens with one attached hydrogen (secondary N) is 1. The number of aromatic nitrogens is 3. The molecule has 37 heavy (non-hydrogen) atoms. The number of carbonyl (C=O) groups excluding carboxylic acids is 1. The number of pyridine rings is 1. The molecule has 8 nitrogen and oxygen atoms in total. The van der Waals surface area contributed by atoms with Crippen molar-refractivity contribution in [2.45, 2.75) is 38.6 Å². The van der Waals surface area contributed by atoms with Gasteiger partial charge in [0.25, 0.3) is 11.5 Å². The van der Waals surface area contributed by atoms with Gasteiger partial charge in [0.15, 0.2) is 5.69 Å². The second kappa shape index (κ2) is 10.7. The second-order valence-electron chi connectivity index (χ2n) is 9.27. The maximum atomic E-state index is 13.9. The number of H-pyrrole nitrogens is 1. The standard InChI is InChI=1S/C29H29N5O3/c30-26-25(27(35)32-29(37)34(26)19-21-11-5-2-6-12-21)33(18-17-20-9-3-1-4-10-20)28(36)24-16-15-22-13-7-8-14-23(22)31-24/h2,5-9,11-16H,1,3-4,10,17-19,30H2,(H,32,35,37). The Morgan fingerprint density at radius 3 is 2.57 bits per heavy atom. The van der Waals surface area contributed by atoms with E-state index in [0.717, 1.165) is 36.6 Å². The van der Waals surface area contributed by atoms with Crippen LogP contribution in [0.1, 0.15) is 48.2 Å². The van der Waals surface area contributed by atoms with Gasteiger partial charge >= 0.3 is 5.69 Å². The summed E-state index contributed by atoms with van der Waals surface area (Å²) in [4.78, 5) is 48.0. The lowest BCUT2D eigenvalue weighted by molar-refractivity contribution is 0.0982. The number of anilines is 2. The van der Waals surface area contributed by atoms with E-state index in [2.05, 4.69) is 16.0 Å². The van der Waals surface area contributed by atoms with E-state index in [1.807, 2.05) is 60.7 Å². The van der Waals surface area contributed by atoms with E-state index in [4.69, 9.17) is 5.73 Å². The molecule has 5 rings (SSSR count). The summed E-state index contributed by atoms with van der Waals surface area (Å²) in [7, 11) is 0. The third-order valence-electron chi connectivity index (χ3n) is 6.77. The highest BCUT2D eigenvalue weighted by Gasteiger charge is 2.26. The van der Waals surface area contributed by atoms with E-state index in [1.165, 1.54) is 15.0 Å². The van der Waals surface area contributed by atoms with Crippen LogP contribution in [0.3, 0.4) is 0 Å². The van der Waals surface area contributed by atoms with Crippen molar-refractivity contribution in [3.8, 4) is 0 Å². The normalized spacial score (nSPS) is 13.4. The van der Waals surface area contributed by atoms with E-state index in [-0.39, 0.29) is 30.3 Å². The van der Waals surface area contributed by atoms with E-state index in [9.17, 15) is 14.4 Å². The van der Waals surface area contributed by atoms with Crippen LogP contribution in [0.25, 0.3) is 10.9 Å². The molecule has 0 radical (unpaired) electrons. The number of allylic oxidation sites excluding steroid dienone is 1. The third-order valence-corrected chi connectivity index (χ3v) is 6.77. The van der Waals surface area contributed by atoms with Crippen LogP contribution in [0.4, 0.5) is 11.5 Å². The van der Waals surface area contributed by atoms with Gasteiger partial charge in [-0.05, 0) is 49.8 Å². The van der Waals surface area contributed by atoms with Crippen LogP contribution in [0.15, 0.2) is 88.0 Å². The van der Waals surface area contributed by atoms with Crippen LogP contribution in [0.5, 0.6) is 0 Å². The molecule has 0 bridgehead atoms. The van der Waals surface area contributed by atoms with Crippen LogP contribution in [-0.2, 0) is 6.54 Å². The van der Waals surface area contributed by atoms with Crippen LogP contribution < -0.4 is 21.9 Å². The number of benzene rings is 2. The predicted molar refractivity (Wildman–Crippen MR) is 146 cm³/mol. The van der Waals surface area contributed by atoms with E-state index < -0.39 is 17.2 Å². The molecule has 1 aliphatic rings. The van der Waals surface area contributed by atoms with Gasteiger partial charge in [0.05, 0.1) is 12.1 Å². The number of para-hydroxylation sites is 1. The average molecular weight is 496 g/mol. The number of rotatable bonds is 7. The molecule has 1 amide bonds. The summed E-state index contributed by atoms with van der Waals surface area (Å²) >= 11 is 0. The molecule has 0 aliphatic heterocycles. The molecule has 2 aromatic heterocycles. The van der Waals surface area contributed by atoms with Gasteiger partial charge in [-0.1, -0.05) is 66.2 Å². The van der Waals surface area contributed by atoms with Gasteiger partial charge in [-0.3, -0.25) is 24.0 Å². The smallest absolute Gasteiger partial charge is 0.330 e. The molecule has 1 aliphatic carbocycles. The van der Waals surface area contributed by atoms with Gasteiger partial charge in [0.1, 0.15) is 11.5 Å². The topological polar surface area (TPSA) is 114 Å². The van der Waals surface area contributed by atoms with Crippen molar-refractivity contribution in [2.24, 2.45) is 0 Å². The Labute approximate surface area is 214 Å². The van der Waals surface area contributed by atoms with Crippen LogP contribution in [-0.4, -0.2) is 27.0 Å². The summed E-state index contributed by atoms with van der Waals surface area (Å²) in [5.74, 6) is -0.492. The maximum absolute atomic E-state index is 13.9. The molecule has 0 saturated heterocycles. The average Bonchev–Trinajstić information content (AvgIpc) is 2.93.